The van der Waals surface area contributed by atoms with Gasteiger partial charge in [0.25, 0.3) is 0 Å². The van der Waals surface area contributed by atoms with E-state index in [2.05, 4.69) is 66.7 Å². The van der Waals surface area contributed by atoms with Crippen molar-refractivity contribution < 1.29 is 0 Å². The molecular weight excluding hydrogens is 220 g/mol. The van der Waals surface area contributed by atoms with Gasteiger partial charge >= 0.3 is 0 Å². The summed E-state index contributed by atoms with van der Waals surface area (Å²) in [6, 6.07) is 20.4. The summed E-state index contributed by atoms with van der Waals surface area (Å²) in [5.74, 6) is 0. The van der Waals surface area contributed by atoms with Crippen molar-refractivity contribution in [2.45, 2.75) is 6.04 Å². The van der Waals surface area contributed by atoms with Gasteiger partial charge in [0.05, 0.1) is 0 Å². The van der Waals surface area contributed by atoms with Gasteiger partial charge in [-0.25, -0.2) is 0 Å². The Morgan fingerprint density at radius 2 is 1.29 bits per heavy atom. The van der Waals surface area contributed by atoms with E-state index in [-0.39, 0.29) is 0 Å². The Kier molecular flexibility index (Phi) is 2.84. The maximum absolute atomic E-state index is 2.32. The fourth-order valence-electron chi connectivity index (χ4n) is 2.05. The van der Waals surface area contributed by atoms with Gasteiger partial charge in [0.1, 0.15) is 0 Å². The van der Waals surface area contributed by atoms with Crippen LogP contribution in [0, 0.1) is 0 Å². The zero-order valence-electron chi connectivity index (χ0n) is 9.56. The van der Waals surface area contributed by atoms with Crippen LogP contribution in [0.2, 0.25) is 0 Å². The van der Waals surface area contributed by atoms with Crippen molar-refractivity contribution >= 4 is 26.5 Å². The van der Waals surface area contributed by atoms with E-state index in [1.165, 1.54) is 21.2 Å². The average molecular weight is 233 g/mol. The summed E-state index contributed by atoms with van der Waals surface area (Å²) < 4.78 is 0. The summed E-state index contributed by atoms with van der Waals surface area (Å²) in [7, 11) is 0.865. The second kappa shape index (κ2) is 4.64. The van der Waals surface area contributed by atoms with E-state index in [0.717, 1.165) is 15.2 Å². The average Bonchev–Trinajstić information content (AvgIpc) is 2.80. The molecule has 0 saturated heterocycles. The van der Waals surface area contributed by atoms with Gasteiger partial charge in [-0.15, -0.1) is 0 Å². The second-order valence-electron chi connectivity index (χ2n) is 4.21. The van der Waals surface area contributed by atoms with Crippen LogP contribution in [-0.2, 0) is 6.04 Å². The SMILES string of the molecule is C1=c2ccccc2=CC1=[Si]Cc1ccccc1. The molecule has 0 atom stereocenters. The molecule has 1 aliphatic carbocycles. The van der Waals surface area contributed by atoms with Crippen LogP contribution in [0.1, 0.15) is 5.56 Å². The second-order valence-corrected chi connectivity index (χ2v) is 5.50. The molecule has 1 heteroatoms. The molecule has 0 aliphatic heterocycles. The molecule has 2 aromatic carbocycles. The highest BCUT2D eigenvalue weighted by atomic mass is 28.2. The first kappa shape index (κ1) is 10.4. The normalized spacial score (nSPS) is 12.6. The van der Waals surface area contributed by atoms with Crippen molar-refractivity contribution in [3.05, 3.63) is 70.6 Å². The van der Waals surface area contributed by atoms with Crippen molar-refractivity contribution in [3.63, 3.8) is 0 Å². The lowest BCUT2D eigenvalue weighted by atomic mass is 10.2. The van der Waals surface area contributed by atoms with Crippen LogP contribution in [0.15, 0.2) is 54.6 Å². The van der Waals surface area contributed by atoms with E-state index >= 15 is 0 Å². The third-order valence-electron chi connectivity index (χ3n) is 2.96. The van der Waals surface area contributed by atoms with Crippen LogP contribution in [0.3, 0.4) is 0 Å². The quantitative estimate of drug-likeness (QED) is 0.687. The van der Waals surface area contributed by atoms with Gasteiger partial charge in [0, 0.05) is 9.13 Å². The third-order valence-corrected chi connectivity index (χ3v) is 4.24. The molecule has 3 rings (SSSR count). The van der Waals surface area contributed by atoms with Crippen LogP contribution in [0.4, 0.5) is 0 Å². The molecule has 81 valence electrons. The molecule has 0 amide bonds. The van der Waals surface area contributed by atoms with Crippen molar-refractivity contribution in [1.82, 2.24) is 0 Å². The van der Waals surface area contributed by atoms with E-state index in [9.17, 15) is 0 Å². The fourth-order valence-corrected chi connectivity index (χ4v) is 3.21. The van der Waals surface area contributed by atoms with Gasteiger partial charge in [0.15, 0.2) is 0 Å². The Labute approximate surface area is 103 Å². The Morgan fingerprint density at radius 1 is 0.706 bits per heavy atom. The Hall–Kier alpha value is -1.73. The lowest BCUT2D eigenvalue weighted by Gasteiger charge is -1.94. The maximum Gasteiger partial charge on any atom is 0.0343 e. The molecule has 0 nitrogen and oxygen atoms in total. The first-order valence-electron chi connectivity index (χ1n) is 5.85. The fraction of sp³-hybridized carbons (Fsp3) is 0.0625. The molecule has 0 heterocycles. The Balaban J connectivity index is 1.87. The van der Waals surface area contributed by atoms with Gasteiger partial charge < -0.3 is 0 Å². The van der Waals surface area contributed by atoms with Crippen molar-refractivity contribution in [2.24, 2.45) is 0 Å². The van der Waals surface area contributed by atoms with Crippen molar-refractivity contribution in [3.8, 4) is 0 Å². The van der Waals surface area contributed by atoms with Crippen LogP contribution in [0.5, 0.6) is 0 Å². The zero-order chi connectivity index (χ0) is 11.5. The van der Waals surface area contributed by atoms with Crippen LogP contribution in [-0.4, -0.2) is 14.3 Å². The van der Waals surface area contributed by atoms with E-state index in [1.54, 1.807) is 0 Å². The molecule has 0 aromatic heterocycles. The van der Waals surface area contributed by atoms with E-state index in [0.29, 0.717) is 0 Å². The predicted molar refractivity (Wildman–Crippen MR) is 75.5 cm³/mol. The van der Waals surface area contributed by atoms with Gasteiger partial charge in [-0.2, -0.15) is 0 Å². The lowest BCUT2D eigenvalue weighted by molar-refractivity contribution is 1.40. The highest BCUT2D eigenvalue weighted by molar-refractivity contribution is 6.68. The van der Waals surface area contributed by atoms with E-state index < -0.39 is 0 Å². The summed E-state index contributed by atoms with van der Waals surface area (Å²) in [5, 5.41) is 4.20. The van der Waals surface area contributed by atoms with Crippen molar-refractivity contribution in [2.75, 3.05) is 0 Å². The van der Waals surface area contributed by atoms with Crippen LogP contribution in [0.25, 0.3) is 12.2 Å². The minimum Gasteiger partial charge on any atom is -0.0622 e. The van der Waals surface area contributed by atoms with E-state index in [4.69, 9.17) is 0 Å². The molecule has 0 spiro atoms. The highest BCUT2D eigenvalue weighted by Crippen LogP contribution is 1.97. The summed E-state index contributed by atoms with van der Waals surface area (Å²) >= 11 is 0. The molecule has 0 fully saturated rings. The minimum absolute atomic E-state index is 0.865. The highest BCUT2D eigenvalue weighted by Gasteiger charge is 1.97. The number of hydrogen-bond acceptors (Lipinski definition) is 0. The summed E-state index contributed by atoms with van der Waals surface area (Å²) in [4.78, 5) is 0. The Bertz CT molecular complexity index is 629. The van der Waals surface area contributed by atoms with Crippen molar-refractivity contribution in [1.29, 1.82) is 0 Å². The minimum atomic E-state index is 0.865. The molecule has 17 heavy (non-hydrogen) atoms. The molecule has 0 unspecified atom stereocenters. The predicted octanol–water partition coefficient (Wildman–Crippen LogP) is 1.34. The molecular formula is C16H13Si. The third kappa shape index (κ3) is 2.34. The topological polar surface area (TPSA) is 0 Å². The first-order chi connectivity index (χ1) is 8.42. The van der Waals surface area contributed by atoms with Gasteiger partial charge in [0.2, 0.25) is 0 Å². The number of fused-ring (bicyclic) bond motifs is 1. The van der Waals surface area contributed by atoms with Crippen LogP contribution < -0.4 is 10.4 Å². The smallest absolute Gasteiger partial charge is 0.0343 e. The zero-order valence-corrected chi connectivity index (χ0v) is 10.6. The monoisotopic (exact) mass is 233 g/mol. The largest absolute Gasteiger partial charge is 0.0622 e. The van der Waals surface area contributed by atoms with Gasteiger partial charge in [-0.05, 0) is 27.2 Å². The number of rotatable bonds is 2. The van der Waals surface area contributed by atoms with Gasteiger partial charge in [-0.3, -0.25) is 0 Å². The van der Waals surface area contributed by atoms with Gasteiger partial charge in [-0.1, -0.05) is 66.7 Å². The summed E-state index contributed by atoms with van der Waals surface area (Å²) in [6.45, 7) is 0. The number of benzene rings is 2. The van der Waals surface area contributed by atoms with Crippen LogP contribution >= 0.6 is 0 Å². The first-order valence-corrected chi connectivity index (χ1v) is 7.06. The molecule has 0 bridgehead atoms. The molecule has 2 aromatic rings. The molecule has 0 N–H and O–H groups in total. The lowest BCUT2D eigenvalue weighted by Crippen LogP contribution is -2.19. The standard InChI is InChI=1S/C16H13Si/c1-2-6-13(7-3-1)12-17-16-10-14-8-4-5-9-15(14)11-16/h1-11H,12H2. The molecule has 0 saturated carbocycles. The molecule has 1 radical (unpaired) electrons. The summed E-state index contributed by atoms with van der Waals surface area (Å²) in [5.41, 5.74) is 1.43. The summed E-state index contributed by atoms with van der Waals surface area (Å²) in [6.07, 6.45) is 4.63. The number of hydrogen-bond donors (Lipinski definition) is 0. The van der Waals surface area contributed by atoms with E-state index in [1.807, 2.05) is 0 Å². The molecule has 1 aliphatic rings. The maximum atomic E-state index is 2.32. The Morgan fingerprint density at radius 3 is 1.94 bits per heavy atom.